The van der Waals surface area contributed by atoms with Gasteiger partial charge in [0.15, 0.2) is 0 Å². The lowest BCUT2D eigenvalue weighted by molar-refractivity contribution is 0.292. The molecule has 3 aromatic rings. The van der Waals surface area contributed by atoms with Crippen LogP contribution in [0.4, 0.5) is 0 Å². The summed E-state index contributed by atoms with van der Waals surface area (Å²) in [5.41, 5.74) is 3.76. The van der Waals surface area contributed by atoms with Crippen LogP contribution < -0.4 is 10.6 Å². The third kappa shape index (κ3) is 5.08. The topological polar surface area (TPSA) is 49.2 Å². The van der Waals surface area contributed by atoms with Gasteiger partial charge in [-0.25, -0.2) is 0 Å². The van der Waals surface area contributed by atoms with E-state index in [4.69, 9.17) is 16.7 Å². The zero-order chi connectivity index (χ0) is 18.2. The van der Waals surface area contributed by atoms with Crippen molar-refractivity contribution >= 4 is 22.5 Å². The predicted octanol–water partition coefficient (Wildman–Crippen LogP) is 3.40. The molecule has 0 aliphatic rings. The average Bonchev–Trinajstić information content (AvgIpc) is 2.99. The second-order valence-electron chi connectivity index (χ2n) is 6.43. The second kappa shape index (κ2) is 9.74. The molecule has 5 heteroatoms. The summed E-state index contributed by atoms with van der Waals surface area (Å²) < 4.78 is 2.29. The Labute approximate surface area is 159 Å². The Bertz CT molecular complexity index is 831. The number of benzene rings is 2. The van der Waals surface area contributed by atoms with E-state index in [9.17, 15) is 0 Å². The number of fused-ring (bicyclic) bond motifs is 1. The van der Waals surface area contributed by atoms with Gasteiger partial charge < -0.3 is 20.3 Å². The first-order valence-electron chi connectivity index (χ1n) is 9.11. The van der Waals surface area contributed by atoms with Crippen molar-refractivity contribution in [2.24, 2.45) is 0 Å². The van der Waals surface area contributed by atoms with Crippen molar-refractivity contribution in [1.29, 1.82) is 0 Å². The lowest BCUT2D eigenvalue weighted by atomic mass is 10.2. The SMILES string of the molecule is OCCNCCCNCc1cn(Cc2cccc(Cl)c2)c2ccccc12. The quantitative estimate of drug-likeness (QED) is 0.479. The molecule has 4 nitrogen and oxygen atoms in total. The molecule has 1 heterocycles. The summed E-state index contributed by atoms with van der Waals surface area (Å²) >= 11 is 6.13. The van der Waals surface area contributed by atoms with Crippen molar-refractivity contribution in [2.75, 3.05) is 26.2 Å². The van der Waals surface area contributed by atoms with Crippen molar-refractivity contribution in [3.63, 3.8) is 0 Å². The number of aromatic nitrogens is 1. The van der Waals surface area contributed by atoms with Gasteiger partial charge in [-0.3, -0.25) is 0 Å². The van der Waals surface area contributed by atoms with Crippen LogP contribution in [-0.4, -0.2) is 35.9 Å². The van der Waals surface area contributed by atoms with E-state index in [-0.39, 0.29) is 6.61 Å². The highest BCUT2D eigenvalue weighted by atomic mass is 35.5. The third-order valence-electron chi connectivity index (χ3n) is 4.42. The Hall–Kier alpha value is -1.85. The van der Waals surface area contributed by atoms with E-state index in [1.54, 1.807) is 0 Å². The monoisotopic (exact) mass is 371 g/mol. The van der Waals surface area contributed by atoms with Gasteiger partial charge >= 0.3 is 0 Å². The molecule has 0 saturated carbocycles. The van der Waals surface area contributed by atoms with Gasteiger partial charge in [-0.1, -0.05) is 41.9 Å². The molecular formula is C21H26ClN3O. The fourth-order valence-corrected chi connectivity index (χ4v) is 3.40. The summed E-state index contributed by atoms with van der Waals surface area (Å²) in [6, 6.07) is 16.6. The first-order valence-corrected chi connectivity index (χ1v) is 9.49. The molecule has 0 spiro atoms. The summed E-state index contributed by atoms with van der Waals surface area (Å²) in [6.45, 7) is 4.39. The summed E-state index contributed by atoms with van der Waals surface area (Å²) in [5, 5.41) is 17.5. The van der Waals surface area contributed by atoms with Gasteiger partial charge in [0.2, 0.25) is 0 Å². The smallest absolute Gasteiger partial charge is 0.0555 e. The first kappa shape index (κ1) is 18.9. The van der Waals surface area contributed by atoms with Gasteiger partial charge in [0.1, 0.15) is 0 Å². The van der Waals surface area contributed by atoms with E-state index >= 15 is 0 Å². The summed E-state index contributed by atoms with van der Waals surface area (Å²) in [6.07, 6.45) is 3.28. The molecule has 3 rings (SSSR count). The molecule has 0 atom stereocenters. The Morgan fingerprint density at radius 3 is 2.65 bits per heavy atom. The van der Waals surface area contributed by atoms with Gasteiger partial charge in [0.25, 0.3) is 0 Å². The Kier molecular flexibility index (Phi) is 7.09. The molecular weight excluding hydrogens is 346 g/mol. The summed E-state index contributed by atoms with van der Waals surface area (Å²) in [5.74, 6) is 0. The Morgan fingerprint density at radius 2 is 1.81 bits per heavy atom. The number of halogens is 1. The van der Waals surface area contributed by atoms with E-state index in [1.165, 1.54) is 22.0 Å². The fourth-order valence-electron chi connectivity index (χ4n) is 3.19. The molecule has 0 bridgehead atoms. The van der Waals surface area contributed by atoms with E-state index in [0.717, 1.165) is 37.6 Å². The van der Waals surface area contributed by atoms with Gasteiger partial charge in [-0.15, -0.1) is 0 Å². The van der Waals surface area contributed by atoms with Gasteiger partial charge in [-0.2, -0.15) is 0 Å². The lowest BCUT2D eigenvalue weighted by Crippen LogP contribution is -2.23. The van der Waals surface area contributed by atoms with Crippen LogP contribution in [0.1, 0.15) is 17.5 Å². The van der Waals surface area contributed by atoms with Crippen LogP contribution in [0.25, 0.3) is 10.9 Å². The average molecular weight is 372 g/mol. The highest BCUT2D eigenvalue weighted by Crippen LogP contribution is 2.23. The van der Waals surface area contributed by atoms with Crippen molar-refractivity contribution < 1.29 is 5.11 Å². The van der Waals surface area contributed by atoms with Crippen molar-refractivity contribution in [2.45, 2.75) is 19.5 Å². The molecule has 26 heavy (non-hydrogen) atoms. The first-order chi connectivity index (χ1) is 12.8. The molecule has 0 unspecified atom stereocenters. The summed E-state index contributed by atoms with van der Waals surface area (Å²) in [4.78, 5) is 0. The van der Waals surface area contributed by atoms with E-state index in [0.29, 0.717) is 6.54 Å². The maximum absolute atomic E-state index is 8.75. The lowest BCUT2D eigenvalue weighted by Gasteiger charge is -2.06. The van der Waals surface area contributed by atoms with Gasteiger partial charge in [-0.05, 0) is 48.8 Å². The van der Waals surface area contributed by atoms with E-state index in [1.807, 2.05) is 18.2 Å². The normalized spacial score (nSPS) is 11.3. The highest BCUT2D eigenvalue weighted by Gasteiger charge is 2.08. The number of aliphatic hydroxyl groups is 1. The molecule has 2 aromatic carbocycles. The number of nitrogens with zero attached hydrogens (tertiary/aromatic N) is 1. The molecule has 0 radical (unpaired) electrons. The van der Waals surface area contributed by atoms with Crippen LogP contribution >= 0.6 is 11.6 Å². The minimum Gasteiger partial charge on any atom is -0.395 e. The van der Waals surface area contributed by atoms with Gasteiger partial charge in [0.05, 0.1) is 6.61 Å². The minimum atomic E-state index is 0.194. The maximum Gasteiger partial charge on any atom is 0.0555 e. The van der Waals surface area contributed by atoms with Crippen LogP contribution in [0.2, 0.25) is 5.02 Å². The van der Waals surface area contributed by atoms with Gasteiger partial charge in [0, 0.05) is 41.8 Å². The Morgan fingerprint density at radius 1 is 0.962 bits per heavy atom. The number of rotatable bonds is 10. The van der Waals surface area contributed by atoms with Crippen LogP contribution in [-0.2, 0) is 13.1 Å². The zero-order valence-corrected chi connectivity index (χ0v) is 15.7. The molecule has 138 valence electrons. The van der Waals surface area contributed by atoms with Crippen LogP contribution in [0, 0.1) is 0 Å². The zero-order valence-electron chi connectivity index (χ0n) is 14.9. The number of aliphatic hydroxyl groups excluding tert-OH is 1. The molecule has 3 N–H and O–H groups in total. The second-order valence-corrected chi connectivity index (χ2v) is 6.87. The highest BCUT2D eigenvalue weighted by molar-refractivity contribution is 6.30. The van der Waals surface area contributed by atoms with Crippen molar-refractivity contribution in [3.8, 4) is 0 Å². The maximum atomic E-state index is 8.75. The third-order valence-corrected chi connectivity index (χ3v) is 4.66. The largest absolute Gasteiger partial charge is 0.395 e. The molecule has 0 amide bonds. The standard InChI is InChI=1S/C21H26ClN3O/c22-19-6-3-5-17(13-19)15-25-16-18(20-7-1-2-8-21(20)25)14-24-10-4-9-23-11-12-26/h1-3,5-8,13,16,23-24,26H,4,9-12,14-15H2. The van der Waals surface area contributed by atoms with E-state index < -0.39 is 0 Å². The van der Waals surface area contributed by atoms with E-state index in [2.05, 4.69) is 51.7 Å². The number of hydrogen-bond donors (Lipinski definition) is 3. The molecule has 1 aromatic heterocycles. The molecule has 0 saturated heterocycles. The molecule has 0 aliphatic carbocycles. The van der Waals surface area contributed by atoms with Crippen LogP contribution in [0.5, 0.6) is 0 Å². The number of hydrogen-bond acceptors (Lipinski definition) is 3. The van der Waals surface area contributed by atoms with Crippen LogP contribution in [0.3, 0.4) is 0 Å². The molecule has 0 fully saturated rings. The van der Waals surface area contributed by atoms with Crippen LogP contribution in [0.15, 0.2) is 54.7 Å². The molecule has 0 aliphatic heterocycles. The fraction of sp³-hybridized carbons (Fsp3) is 0.333. The summed E-state index contributed by atoms with van der Waals surface area (Å²) in [7, 11) is 0. The Balaban J connectivity index is 1.65. The van der Waals surface area contributed by atoms with Crippen molar-refractivity contribution in [1.82, 2.24) is 15.2 Å². The minimum absolute atomic E-state index is 0.194. The predicted molar refractivity (Wildman–Crippen MR) is 109 cm³/mol. The number of para-hydroxylation sites is 1. The van der Waals surface area contributed by atoms with Crippen molar-refractivity contribution in [3.05, 3.63) is 70.9 Å². The number of nitrogens with one attached hydrogen (secondary N) is 2.